The van der Waals surface area contributed by atoms with Crippen molar-refractivity contribution in [3.63, 3.8) is 0 Å². The maximum Gasteiger partial charge on any atom is 0.416 e. The second-order valence-electron chi connectivity index (χ2n) is 5.90. The van der Waals surface area contributed by atoms with E-state index in [1.54, 1.807) is 0 Å². The van der Waals surface area contributed by atoms with Crippen molar-refractivity contribution in [3.8, 4) is 0 Å². The lowest BCUT2D eigenvalue weighted by Gasteiger charge is -2.32. The van der Waals surface area contributed by atoms with Gasteiger partial charge in [0.25, 0.3) is 0 Å². The van der Waals surface area contributed by atoms with E-state index in [2.05, 4.69) is 9.98 Å². The molecule has 6 nitrogen and oxygen atoms in total. The van der Waals surface area contributed by atoms with Crippen molar-refractivity contribution < 1.29 is 34.8 Å². The Labute approximate surface area is 168 Å². The monoisotopic (exact) mass is 454 g/mol. The summed E-state index contributed by atoms with van der Waals surface area (Å²) in [5.41, 5.74) is 3.30. The van der Waals surface area contributed by atoms with E-state index in [4.69, 9.17) is 5.73 Å². The van der Waals surface area contributed by atoms with Crippen LogP contribution in [0.5, 0.6) is 0 Å². The highest BCUT2D eigenvalue weighted by molar-refractivity contribution is 7.89. The summed E-state index contributed by atoms with van der Waals surface area (Å²) in [6.07, 6.45) is -7.99. The first-order valence-corrected chi connectivity index (χ1v) is 9.72. The molecule has 0 bridgehead atoms. The number of hydrogen-bond acceptors (Lipinski definition) is 4. The Kier molecular flexibility index (Phi) is 6.76. The average Bonchev–Trinajstić information content (AvgIpc) is 2.64. The molecular formula is C17H16F6N4O2S. The van der Waals surface area contributed by atoms with Crippen molar-refractivity contribution >= 4 is 22.2 Å². The maximum atomic E-state index is 13.8. The molecule has 0 radical (unpaired) electrons. The molecule has 1 heterocycles. The zero-order valence-electron chi connectivity index (χ0n) is 15.3. The number of benzene rings is 1. The van der Waals surface area contributed by atoms with Gasteiger partial charge in [0.2, 0.25) is 10.0 Å². The molecule has 30 heavy (non-hydrogen) atoms. The van der Waals surface area contributed by atoms with E-state index in [0.29, 0.717) is 24.3 Å². The molecule has 13 heteroatoms. The molecule has 1 aromatic heterocycles. The third-order valence-corrected chi connectivity index (χ3v) is 5.93. The fraction of sp³-hybridized carbons (Fsp3) is 0.294. The predicted octanol–water partition coefficient (Wildman–Crippen LogP) is 4.03. The van der Waals surface area contributed by atoms with Gasteiger partial charge in [-0.25, -0.2) is 18.4 Å². The molecule has 164 valence electrons. The largest absolute Gasteiger partial charge is 0.416 e. The Balaban J connectivity index is 2.58. The highest BCUT2D eigenvalue weighted by atomic mass is 32.2. The SMILES string of the molecule is CCN([C@H](c1ccc(C(F)(F)F)cc1)C(F)(F)F)S(=O)(=O)c1ccnc(N=CN)c1. The molecule has 2 N–H and O–H groups in total. The van der Waals surface area contributed by atoms with Gasteiger partial charge in [0.1, 0.15) is 6.04 Å². The van der Waals surface area contributed by atoms with Crippen molar-refractivity contribution in [2.45, 2.75) is 30.2 Å². The molecule has 0 aliphatic heterocycles. The van der Waals surface area contributed by atoms with Gasteiger partial charge in [-0.15, -0.1) is 0 Å². The van der Waals surface area contributed by atoms with E-state index < -0.39 is 51.0 Å². The highest BCUT2D eigenvalue weighted by Gasteiger charge is 2.49. The van der Waals surface area contributed by atoms with Crippen LogP contribution in [0, 0.1) is 0 Å². The van der Waals surface area contributed by atoms with Crippen molar-refractivity contribution in [2.24, 2.45) is 10.7 Å². The van der Waals surface area contributed by atoms with Crippen molar-refractivity contribution in [2.75, 3.05) is 6.54 Å². The third kappa shape index (κ3) is 5.08. The molecule has 0 saturated carbocycles. The minimum atomic E-state index is -5.10. The molecule has 0 saturated heterocycles. The van der Waals surface area contributed by atoms with Crippen LogP contribution in [0.15, 0.2) is 52.5 Å². The summed E-state index contributed by atoms with van der Waals surface area (Å²) in [6, 6.07) is 1.36. The smallest absolute Gasteiger partial charge is 0.390 e. The second kappa shape index (κ2) is 8.60. The van der Waals surface area contributed by atoms with E-state index >= 15 is 0 Å². The van der Waals surface area contributed by atoms with Crippen LogP contribution >= 0.6 is 0 Å². The van der Waals surface area contributed by atoms with E-state index in [9.17, 15) is 34.8 Å². The number of aromatic nitrogens is 1. The fourth-order valence-corrected chi connectivity index (χ4v) is 4.32. The lowest BCUT2D eigenvalue weighted by molar-refractivity contribution is -0.173. The Hall–Kier alpha value is -2.67. The Morgan fingerprint density at radius 1 is 1.13 bits per heavy atom. The fourth-order valence-electron chi connectivity index (χ4n) is 2.71. The molecule has 0 aliphatic rings. The van der Waals surface area contributed by atoms with Crippen molar-refractivity contribution in [3.05, 3.63) is 53.7 Å². The minimum absolute atomic E-state index is 0.146. The number of aliphatic imine (C=N–C) groups is 1. The lowest BCUT2D eigenvalue weighted by Crippen LogP contribution is -2.42. The Morgan fingerprint density at radius 3 is 2.20 bits per heavy atom. The molecule has 0 spiro atoms. The van der Waals surface area contributed by atoms with Gasteiger partial charge in [-0.1, -0.05) is 19.1 Å². The third-order valence-electron chi connectivity index (χ3n) is 3.99. The van der Waals surface area contributed by atoms with Gasteiger partial charge < -0.3 is 5.73 Å². The first-order valence-electron chi connectivity index (χ1n) is 8.28. The number of hydrogen-bond donors (Lipinski definition) is 1. The van der Waals surface area contributed by atoms with E-state index in [0.717, 1.165) is 24.7 Å². The molecule has 0 amide bonds. The summed E-state index contributed by atoms with van der Waals surface area (Å²) < 4.78 is 106. The van der Waals surface area contributed by atoms with E-state index in [-0.39, 0.29) is 10.1 Å². The number of nitrogens with zero attached hydrogens (tertiary/aromatic N) is 3. The normalized spacial score (nSPS) is 14.4. The number of pyridine rings is 1. The predicted molar refractivity (Wildman–Crippen MR) is 96.4 cm³/mol. The second-order valence-corrected chi connectivity index (χ2v) is 7.79. The van der Waals surface area contributed by atoms with Gasteiger partial charge in [0.15, 0.2) is 5.82 Å². The molecule has 0 unspecified atom stereocenters. The number of rotatable bonds is 6. The van der Waals surface area contributed by atoms with Crippen LogP contribution in [0.1, 0.15) is 24.1 Å². The van der Waals surface area contributed by atoms with E-state index in [1.807, 2.05) is 0 Å². The average molecular weight is 454 g/mol. The molecule has 2 aromatic rings. The van der Waals surface area contributed by atoms with Crippen LogP contribution in [-0.2, 0) is 16.2 Å². The van der Waals surface area contributed by atoms with Crippen LogP contribution < -0.4 is 5.73 Å². The summed E-state index contributed by atoms with van der Waals surface area (Å²) in [7, 11) is -4.72. The summed E-state index contributed by atoms with van der Waals surface area (Å²) in [6.45, 7) is 0.575. The van der Waals surface area contributed by atoms with Gasteiger partial charge >= 0.3 is 12.4 Å². The summed E-state index contributed by atoms with van der Waals surface area (Å²) >= 11 is 0. The summed E-state index contributed by atoms with van der Waals surface area (Å²) in [5, 5.41) is 0. The van der Waals surface area contributed by atoms with Gasteiger partial charge in [0, 0.05) is 18.8 Å². The first kappa shape index (κ1) is 23.6. The van der Waals surface area contributed by atoms with Gasteiger partial charge in [-0.05, 0) is 23.8 Å². The summed E-state index contributed by atoms with van der Waals surface area (Å²) in [5.74, 6) is -0.146. The van der Waals surface area contributed by atoms with E-state index in [1.165, 1.54) is 6.92 Å². The molecule has 0 aliphatic carbocycles. The highest BCUT2D eigenvalue weighted by Crippen LogP contribution is 2.41. The van der Waals surface area contributed by atoms with Crippen LogP contribution in [0.2, 0.25) is 0 Å². The van der Waals surface area contributed by atoms with Gasteiger partial charge in [-0.2, -0.15) is 30.6 Å². The maximum absolute atomic E-state index is 13.8. The van der Waals surface area contributed by atoms with Crippen LogP contribution in [0.25, 0.3) is 0 Å². The van der Waals surface area contributed by atoms with Crippen LogP contribution in [0.3, 0.4) is 0 Å². The standard InChI is InChI=1S/C17H16F6N4O2S/c1-2-27(30(28,29)13-7-8-25-14(9-13)26-10-24)15(17(21,22)23)11-3-5-12(6-4-11)16(18,19)20/h3-10,15H,2H2,1H3,(H2,24,25,26)/t15-/m1/s1. The summed E-state index contributed by atoms with van der Waals surface area (Å²) in [4.78, 5) is 6.78. The van der Waals surface area contributed by atoms with Crippen molar-refractivity contribution in [1.29, 1.82) is 0 Å². The zero-order chi connectivity index (χ0) is 22.7. The Bertz CT molecular complexity index is 1000. The minimum Gasteiger partial charge on any atom is -0.390 e. The van der Waals surface area contributed by atoms with Crippen LogP contribution in [-0.4, -0.2) is 36.8 Å². The molecule has 1 atom stereocenters. The molecular weight excluding hydrogens is 438 g/mol. The van der Waals surface area contributed by atoms with Gasteiger partial charge in [-0.3, -0.25) is 0 Å². The number of halogens is 6. The van der Waals surface area contributed by atoms with Crippen molar-refractivity contribution in [1.82, 2.24) is 9.29 Å². The molecule has 1 aromatic carbocycles. The molecule has 2 rings (SSSR count). The number of nitrogens with two attached hydrogens (primary N) is 1. The lowest BCUT2D eigenvalue weighted by atomic mass is 10.0. The Morgan fingerprint density at radius 2 is 1.73 bits per heavy atom. The number of sulfonamides is 1. The number of alkyl halides is 6. The topological polar surface area (TPSA) is 88.7 Å². The first-order chi connectivity index (χ1) is 13.8. The quantitative estimate of drug-likeness (QED) is 0.406. The van der Waals surface area contributed by atoms with Crippen LogP contribution in [0.4, 0.5) is 32.2 Å². The molecule has 0 fully saturated rings. The van der Waals surface area contributed by atoms with Gasteiger partial charge in [0.05, 0.1) is 16.8 Å². The zero-order valence-corrected chi connectivity index (χ0v) is 16.1.